The van der Waals surface area contributed by atoms with E-state index >= 15 is 0 Å². The van der Waals surface area contributed by atoms with E-state index in [1.54, 1.807) is 7.11 Å². The fourth-order valence-corrected chi connectivity index (χ4v) is 5.50. The summed E-state index contributed by atoms with van der Waals surface area (Å²) in [6.45, 7) is 1.76. The molecule has 4 aromatic rings. The van der Waals surface area contributed by atoms with Gasteiger partial charge in [-0.2, -0.15) is 0 Å². The summed E-state index contributed by atoms with van der Waals surface area (Å²) in [7, 11) is 1.62. The smallest absolute Gasteiger partial charge is 0.186 e. The van der Waals surface area contributed by atoms with Gasteiger partial charge in [-0.05, 0) is 40.5 Å². The molecule has 0 saturated carbocycles. The van der Waals surface area contributed by atoms with Gasteiger partial charge in [0.25, 0.3) is 0 Å². The standard InChI is InChI=1S/C35H36BrClO6/c1-38-35-34(42-23-28-14-8-9-15-30(28)36)33(41-22-26-12-6-3-7-13-26)32(40-21-25-10-4-2-5-11-25)31(43-35)24-39-20-27-16-18-29(37)19-17-27/h2-19,31-35H,20-24H2,1H3. The minimum Gasteiger partial charge on any atom is -0.374 e. The largest absolute Gasteiger partial charge is 0.374 e. The second-order valence-corrected chi connectivity index (χ2v) is 11.6. The number of benzene rings is 4. The van der Waals surface area contributed by atoms with Crippen LogP contribution in [0.15, 0.2) is 114 Å². The summed E-state index contributed by atoms with van der Waals surface area (Å²) < 4.78 is 39.3. The van der Waals surface area contributed by atoms with E-state index in [4.69, 9.17) is 40.0 Å². The van der Waals surface area contributed by atoms with Crippen LogP contribution in [0.25, 0.3) is 0 Å². The van der Waals surface area contributed by atoms with Gasteiger partial charge in [-0.3, -0.25) is 0 Å². The molecule has 0 bridgehead atoms. The summed E-state index contributed by atoms with van der Waals surface area (Å²) in [6, 6.07) is 35.7. The predicted molar refractivity (Wildman–Crippen MR) is 170 cm³/mol. The van der Waals surface area contributed by atoms with Crippen LogP contribution in [0.3, 0.4) is 0 Å². The average Bonchev–Trinajstić information content (AvgIpc) is 3.04. The van der Waals surface area contributed by atoms with Crippen molar-refractivity contribution >= 4 is 27.5 Å². The third kappa shape index (κ3) is 9.20. The van der Waals surface area contributed by atoms with E-state index in [9.17, 15) is 0 Å². The lowest BCUT2D eigenvalue weighted by Gasteiger charge is -2.45. The number of ether oxygens (including phenoxy) is 6. The maximum absolute atomic E-state index is 6.65. The summed E-state index contributed by atoms with van der Waals surface area (Å²) in [5.41, 5.74) is 4.11. The van der Waals surface area contributed by atoms with Gasteiger partial charge in [0.2, 0.25) is 0 Å². The van der Waals surface area contributed by atoms with E-state index in [0.717, 1.165) is 26.7 Å². The molecule has 1 fully saturated rings. The molecule has 1 aliphatic rings. The Morgan fingerprint density at radius 3 is 1.81 bits per heavy atom. The molecule has 43 heavy (non-hydrogen) atoms. The highest BCUT2D eigenvalue weighted by molar-refractivity contribution is 9.10. The average molecular weight is 668 g/mol. The molecule has 5 rings (SSSR count). The fraction of sp³-hybridized carbons (Fsp3) is 0.314. The first-order chi connectivity index (χ1) is 21.1. The highest BCUT2D eigenvalue weighted by Crippen LogP contribution is 2.32. The van der Waals surface area contributed by atoms with E-state index in [0.29, 0.717) is 31.5 Å². The number of hydrogen-bond donors (Lipinski definition) is 0. The van der Waals surface area contributed by atoms with Gasteiger partial charge >= 0.3 is 0 Å². The first-order valence-corrected chi connectivity index (χ1v) is 15.4. The van der Waals surface area contributed by atoms with Crippen LogP contribution in [0.1, 0.15) is 22.3 Å². The maximum Gasteiger partial charge on any atom is 0.186 e. The van der Waals surface area contributed by atoms with Crippen molar-refractivity contribution < 1.29 is 28.4 Å². The van der Waals surface area contributed by atoms with Gasteiger partial charge in [-0.15, -0.1) is 0 Å². The van der Waals surface area contributed by atoms with Crippen molar-refractivity contribution in [2.45, 2.75) is 57.1 Å². The lowest BCUT2D eigenvalue weighted by molar-refractivity contribution is -0.323. The van der Waals surface area contributed by atoms with Gasteiger partial charge in [0.05, 0.1) is 33.0 Å². The van der Waals surface area contributed by atoms with Crippen LogP contribution in [0.2, 0.25) is 5.02 Å². The lowest BCUT2D eigenvalue weighted by atomic mass is 9.97. The SMILES string of the molecule is COC1OC(COCc2ccc(Cl)cc2)C(OCc2ccccc2)C(OCc2ccccc2)C1OCc1ccccc1Br. The van der Waals surface area contributed by atoms with Crippen molar-refractivity contribution in [3.8, 4) is 0 Å². The highest BCUT2D eigenvalue weighted by atomic mass is 79.9. The zero-order chi connectivity index (χ0) is 29.9. The Bertz CT molecular complexity index is 1370. The fourth-order valence-electron chi connectivity index (χ4n) is 4.98. The Hall–Kier alpha value is -2.59. The molecule has 226 valence electrons. The molecule has 0 N–H and O–H groups in total. The minimum absolute atomic E-state index is 0.268. The lowest BCUT2D eigenvalue weighted by Crippen LogP contribution is -2.61. The topological polar surface area (TPSA) is 55.4 Å². The molecule has 8 heteroatoms. The molecule has 0 aliphatic carbocycles. The Balaban J connectivity index is 1.39. The van der Waals surface area contributed by atoms with Gasteiger partial charge in [-0.1, -0.05) is 119 Å². The van der Waals surface area contributed by atoms with Crippen molar-refractivity contribution in [2.24, 2.45) is 0 Å². The molecule has 5 unspecified atom stereocenters. The zero-order valence-corrected chi connectivity index (χ0v) is 26.4. The molecule has 6 nitrogen and oxygen atoms in total. The molecule has 1 heterocycles. The summed E-state index contributed by atoms with van der Waals surface area (Å²) in [6.07, 6.45) is -2.79. The molecule has 1 saturated heterocycles. The summed E-state index contributed by atoms with van der Waals surface area (Å²) >= 11 is 9.69. The Morgan fingerprint density at radius 2 is 1.19 bits per heavy atom. The number of rotatable bonds is 14. The van der Waals surface area contributed by atoms with Crippen LogP contribution in [0.4, 0.5) is 0 Å². The van der Waals surface area contributed by atoms with Crippen molar-refractivity contribution in [3.63, 3.8) is 0 Å². The molecule has 0 aromatic heterocycles. The predicted octanol–water partition coefficient (Wildman–Crippen LogP) is 7.75. The summed E-state index contributed by atoms with van der Waals surface area (Å²) in [5, 5.41) is 0.684. The van der Waals surface area contributed by atoms with Crippen LogP contribution < -0.4 is 0 Å². The van der Waals surface area contributed by atoms with Gasteiger partial charge in [0, 0.05) is 16.6 Å². The first-order valence-electron chi connectivity index (χ1n) is 14.3. The number of halogens is 2. The number of hydrogen-bond acceptors (Lipinski definition) is 6. The van der Waals surface area contributed by atoms with Gasteiger partial charge < -0.3 is 28.4 Å². The van der Waals surface area contributed by atoms with Gasteiger partial charge in [-0.25, -0.2) is 0 Å². The Morgan fingerprint density at radius 1 is 0.628 bits per heavy atom. The molecular formula is C35H36BrClO6. The highest BCUT2D eigenvalue weighted by Gasteiger charge is 2.48. The molecule has 0 amide bonds. The first kappa shape index (κ1) is 31.8. The quantitative estimate of drug-likeness (QED) is 0.137. The van der Waals surface area contributed by atoms with E-state index in [-0.39, 0.29) is 6.61 Å². The van der Waals surface area contributed by atoms with E-state index in [2.05, 4.69) is 15.9 Å². The monoisotopic (exact) mass is 666 g/mol. The van der Waals surface area contributed by atoms with Crippen LogP contribution in [-0.2, 0) is 54.8 Å². The van der Waals surface area contributed by atoms with E-state index in [1.165, 1.54) is 0 Å². The molecule has 4 aromatic carbocycles. The van der Waals surface area contributed by atoms with Crippen LogP contribution in [0.5, 0.6) is 0 Å². The van der Waals surface area contributed by atoms with Crippen molar-refractivity contribution in [1.29, 1.82) is 0 Å². The minimum atomic E-state index is -0.705. The second-order valence-electron chi connectivity index (χ2n) is 10.3. The number of methoxy groups -OCH3 is 1. The van der Waals surface area contributed by atoms with Crippen molar-refractivity contribution in [3.05, 3.63) is 141 Å². The zero-order valence-electron chi connectivity index (χ0n) is 24.0. The summed E-state index contributed by atoms with van der Waals surface area (Å²) in [5.74, 6) is 0. The van der Waals surface area contributed by atoms with E-state index < -0.39 is 30.7 Å². The third-order valence-corrected chi connectivity index (χ3v) is 8.27. The maximum atomic E-state index is 6.65. The molecule has 1 aliphatic heterocycles. The van der Waals surface area contributed by atoms with Gasteiger partial charge in [0.15, 0.2) is 6.29 Å². The molecule has 5 atom stereocenters. The summed E-state index contributed by atoms with van der Waals surface area (Å²) in [4.78, 5) is 0. The van der Waals surface area contributed by atoms with Crippen molar-refractivity contribution in [2.75, 3.05) is 13.7 Å². The molecule has 0 radical (unpaired) electrons. The van der Waals surface area contributed by atoms with Gasteiger partial charge in [0.1, 0.15) is 24.4 Å². The van der Waals surface area contributed by atoms with Crippen LogP contribution in [-0.4, -0.2) is 44.4 Å². The van der Waals surface area contributed by atoms with Crippen molar-refractivity contribution in [1.82, 2.24) is 0 Å². The molecular weight excluding hydrogens is 632 g/mol. The normalized spacial score (nSPS) is 22.0. The third-order valence-electron chi connectivity index (χ3n) is 7.25. The Kier molecular flexibility index (Phi) is 12.2. The Labute approximate surface area is 266 Å². The second kappa shape index (κ2) is 16.5. The van der Waals surface area contributed by atoms with E-state index in [1.807, 2.05) is 109 Å². The molecule has 0 spiro atoms. The van der Waals surface area contributed by atoms with Crippen LogP contribution in [0, 0.1) is 0 Å². The van der Waals surface area contributed by atoms with Crippen LogP contribution >= 0.6 is 27.5 Å².